The molecule has 0 unspecified atom stereocenters. The minimum atomic E-state index is 0.575. The van der Waals surface area contributed by atoms with E-state index in [2.05, 4.69) is 34.2 Å². The second kappa shape index (κ2) is 5.31. The van der Waals surface area contributed by atoms with Crippen LogP contribution in [0.5, 0.6) is 0 Å². The van der Waals surface area contributed by atoms with Crippen LogP contribution in [0.25, 0.3) is 16.7 Å². The Morgan fingerprint density at radius 2 is 1.81 bits per heavy atom. The number of rotatable bonds is 3. The highest BCUT2D eigenvalue weighted by Crippen LogP contribution is 2.24. The molecule has 0 radical (unpaired) electrons. The van der Waals surface area contributed by atoms with Gasteiger partial charge in [-0.25, -0.2) is 4.79 Å². The summed E-state index contributed by atoms with van der Waals surface area (Å²) in [6, 6.07) is 11.7. The summed E-state index contributed by atoms with van der Waals surface area (Å²) in [6.07, 6.45) is 2.56. The van der Waals surface area contributed by atoms with Crippen molar-refractivity contribution in [3.8, 4) is 5.69 Å². The number of fused-ring (bicyclic) bond motifs is 1. The van der Waals surface area contributed by atoms with Gasteiger partial charge in [0.2, 0.25) is 6.08 Å². The van der Waals surface area contributed by atoms with Gasteiger partial charge in [-0.3, -0.25) is 0 Å². The molecule has 0 aliphatic heterocycles. The van der Waals surface area contributed by atoms with Crippen LogP contribution in [-0.4, -0.2) is 21.1 Å². The predicted octanol–water partition coefficient (Wildman–Crippen LogP) is 3.26. The van der Waals surface area contributed by atoms with Crippen LogP contribution >= 0.6 is 0 Å². The van der Waals surface area contributed by atoms with E-state index in [1.54, 1.807) is 16.9 Å². The lowest BCUT2D eigenvalue weighted by atomic mass is 10.2. The molecule has 0 bridgehead atoms. The van der Waals surface area contributed by atoms with E-state index in [0.717, 1.165) is 23.2 Å². The average Bonchev–Trinajstić information content (AvgIpc) is 2.91. The molecule has 1 heterocycles. The van der Waals surface area contributed by atoms with E-state index in [4.69, 9.17) is 0 Å². The van der Waals surface area contributed by atoms with Crippen molar-refractivity contribution in [2.45, 2.75) is 20.3 Å². The van der Waals surface area contributed by atoms with Crippen LogP contribution in [0.3, 0.4) is 0 Å². The van der Waals surface area contributed by atoms with Crippen molar-refractivity contribution in [2.24, 2.45) is 4.99 Å². The highest BCUT2D eigenvalue weighted by atomic mass is 16.1. The zero-order chi connectivity index (χ0) is 14.8. The van der Waals surface area contributed by atoms with Crippen molar-refractivity contribution >= 4 is 22.8 Å². The fourth-order valence-corrected chi connectivity index (χ4v) is 2.21. The lowest BCUT2D eigenvalue weighted by Crippen LogP contribution is -1.98. The molecule has 5 nitrogen and oxygen atoms in total. The average molecular weight is 278 g/mol. The molecule has 104 valence electrons. The van der Waals surface area contributed by atoms with Crippen LogP contribution in [-0.2, 0) is 11.2 Å². The second-order valence-electron chi connectivity index (χ2n) is 4.84. The molecule has 0 fully saturated rings. The fourth-order valence-electron chi connectivity index (χ4n) is 2.21. The number of aryl methyl sites for hydroxylation is 2. The van der Waals surface area contributed by atoms with Crippen LogP contribution < -0.4 is 0 Å². The number of aliphatic imine (C=N–C) groups is 1. The third kappa shape index (κ3) is 2.47. The quantitative estimate of drug-likeness (QED) is 0.545. The summed E-state index contributed by atoms with van der Waals surface area (Å²) < 4.78 is 0. The highest BCUT2D eigenvalue weighted by Gasteiger charge is 2.08. The highest BCUT2D eigenvalue weighted by molar-refractivity contribution is 5.80. The largest absolute Gasteiger partial charge is 0.240 e. The first-order valence-corrected chi connectivity index (χ1v) is 6.76. The number of isocyanates is 1. The first-order valence-electron chi connectivity index (χ1n) is 6.76. The van der Waals surface area contributed by atoms with Gasteiger partial charge >= 0.3 is 0 Å². The van der Waals surface area contributed by atoms with E-state index in [0.29, 0.717) is 11.2 Å². The lowest BCUT2D eigenvalue weighted by Gasteiger charge is -2.00. The molecule has 0 aliphatic carbocycles. The van der Waals surface area contributed by atoms with Crippen LogP contribution in [0.1, 0.15) is 18.1 Å². The third-order valence-corrected chi connectivity index (χ3v) is 3.44. The molecule has 0 saturated carbocycles. The number of aromatic nitrogens is 3. The number of nitrogens with zero attached hydrogens (tertiary/aromatic N) is 4. The molecule has 0 saturated heterocycles. The van der Waals surface area contributed by atoms with Gasteiger partial charge in [0.1, 0.15) is 11.0 Å². The van der Waals surface area contributed by atoms with Crippen LogP contribution in [0.15, 0.2) is 41.4 Å². The maximum absolute atomic E-state index is 10.4. The number of benzene rings is 2. The van der Waals surface area contributed by atoms with Crippen LogP contribution in [0.2, 0.25) is 0 Å². The molecule has 0 N–H and O–H groups in total. The first kappa shape index (κ1) is 13.2. The van der Waals surface area contributed by atoms with E-state index >= 15 is 0 Å². The summed E-state index contributed by atoms with van der Waals surface area (Å²) in [4.78, 5) is 15.7. The monoisotopic (exact) mass is 278 g/mol. The van der Waals surface area contributed by atoms with Gasteiger partial charge in [-0.2, -0.15) is 9.79 Å². The van der Waals surface area contributed by atoms with Gasteiger partial charge in [0, 0.05) is 0 Å². The predicted molar refractivity (Wildman–Crippen MR) is 80.8 cm³/mol. The molecule has 21 heavy (non-hydrogen) atoms. The molecule has 5 heteroatoms. The van der Waals surface area contributed by atoms with Crippen molar-refractivity contribution in [3.05, 3.63) is 47.5 Å². The Morgan fingerprint density at radius 3 is 2.43 bits per heavy atom. The fraction of sp³-hybridized carbons (Fsp3) is 0.188. The van der Waals surface area contributed by atoms with Crippen molar-refractivity contribution in [2.75, 3.05) is 0 Å². The molecule has 0 amide bonds. The van der Waals surface area contributed by atoms with Gasteiger partial charge in [-0.15, -0.1) is 10.2 Å². The summed E-state index contributed by atoms with van der Waals surface area (Å²) in [5.74, 6) is 0. The van der Waals surface area contributed by atoms with Gasteiger partial charge in [0.15, 0.2) is 0 Å². The van der Waals surface area contributed by atoms with E-state index in [1.165, 1.54) is 5.56 Å². The first-order chi connectivity index (χ1) is 10.2. The Bertz CT molecular complexity index is 843. The SMILES string of the molecule is CCc1ccc(-n2nc3cc(C)c(N=C=O)cc3n2)cc1. The zero-order valence-electron chi connectivity index (χ0n) is 11.9. The minimum absolute atomic E-state index is 0.575. The summed E-state index contributed by atoms with van der Waals surface area (Å²) in [6.45, 7) is 4.00. The summed E-state index contributed by atoms with van der Waals surface area (Å²) in [5.41, 5.74) is 5.10. The maximum atomic E-state index is 10.4. The Morgan fingerprint density at radius 1 is 1.14 bits per heavy atom. The van der Waals surface area contributed by atoms with Crippen molar-refractivity contribution in [3.63, 3.8) is 0 Å². The molecule has 1 aromatic heterocycles. The molecular formula is C16H14N4O. The summed E-state index contributed by atoms with van der Waals surface area (Å²) in [7, 11) is 0. The topological polar surface area (TPSA) is 60.1 Å². The normalized spacial score (nSPS) is 10.6. The zero-order valence-corrected chi connectivity index (χ0v) is 11.9. The summed E-state index contributed by atoms with van der Waals surface area (Å²) >= 11 is 0. The molecule has 2 aromatic carbocycles. The molecular weight excluding hydrogens is 264 g/mol. The van der Waals surface area contributed by atoms with Crippen molar-refractivity contribution in [1.29, 1.82) is 0 Å². The molecule has 3 rings (SSSR count). The third-order valence-electron chi connectivity index (χ3n) is 3.44. The van der Waals surface area contributed by atoms with E-state index in [-0.39, 0.29) is 0 Å². The van der Waals surface area contributed by atoms with Crippen molar-refractivity contribution in [1.82, 2.24) is 15.0 Å². The van der Waals surface area contributed by atoms with E-state index in [9.17, 15) is 4.79 Å². The molecule has 0 spiro atoms. The van der Waals surface area contributed by atoms with E-state index in [1.807, 2.05) is 25.1 Å². The summed E-state index contributed by atoms with van der Waals surface area (Å²) in [5, 5.41) is 8.90. The second-order valence-corrected chi connectivity index (χ2v) is 4.84. The van der Waals surface area contributed by atoms with Gasteiger partial charge < -0.3 is 0 Å². The smallest absolute Gasteiger partial charge is 0.211 e. The van der Waals surface area contributed by atoms with Gasteiger partial charge in [-0.1, -0.05) is 19.1 Å². The lowest BCUT2D eigenvalue weighted by molar-refractivity contribution is 0.565. The van der Waals surface area contributed by atoms with E-state index < -0.39 is 0 Å². The van der Waals surface area contributed by atoms with Gasteiger partial charge in [0.25, 0.3) is 0 Å². The number of hydrogen-bond acceptors (Lipinski definition) is 4. The standard InChI is InChI=1S/C16H14N4O/c1-3-12-4-6-13(7-5-12)20-18-15-8-11(2)14(17-10-21)9-16(15)19-20/h4-9H,3H2,1-2H3. The Labute approximate surface area is 121 Å². The van der Waals surface area contributed by atoms with Gasteiger partial charge in [0.05, 0.1) is 11.4 Å². The van der Waals surface area contributed by atoms with Gasteiger partial charge in [-0.05, 0) is 48.7 Å². The molecule has 0 aliphatic rings. The Hall–Kier alpha value is -2.78. The van der Waals surface area contributed by atoms with Crippen LogP contribution in [0.4, 0.5) is 5.69 Å². The molecule has 3 aromatic rings. The Balaban J connectivity index is 2.09. The van der Waals surface area contributed by atoms with Crippen molar-refractivity contribution < 1.29 is 4.79 Å². The van der Waals surface area contributed by atoms with Crippen LogP contribution in [0, 0.1) is 6.92 Å². The Kier molecular flexibility index (Phi) is 3.34. The minimum Gasteiger partial charge on any atom is -0.211 e. The number of hydrogen-bond donors (Lipinski definition) is 0. The molecule has 0 atom stereocenters. The number of carbonyl (C=O) groups excluding carboxylic acids is 1. The maximum Gasteiger partial charge on any atom is 0.240 e.